The van der Waals surface area contributed by atoms with Crippen LogP contribution in [0.2, 0.25) is 0 Å². The van der Waals surface area contributed by atoms with E-state index in [4.69, 9.17) is 0 Å². The van der Waals surface area contributed by atoms with Crippen molar-refractivity contribution in [2.45, 2.75) is 52.1 Å². The van der Waals surface area contributed by atoms with Gasteiger partial charge < -0.3 is 5.11 Å². The molecule has 80 valence electrons. The van der Waals surface area contributed by atoms with Crippen LogP contribution < -0.4 is 0 Å². The first-order valence-electron chi connectivity index (χ1n) is 5.77. The van der Waals surface area contributed by atoms with E-state index in [0.717, 1.165) is 32.1 Å². The van der Waals surface area contributed by atoms with Gasteiger partial charge in [0.2, 0.25) is 0 Å². The average Bonchev–Trinajstić information content (AvgIpc) is 2.16. The van der Waals surface area contributed by atoms with Crippen LogP contribution in [0.15, 0.2) is 0 Å². The van der Waals surface area contributed by atoms with E-state index < -0.39 is 0 Å². The number of rotatable bonds is 0. The summed E-state index contributed by atoms with van der Waals surface area (Å²) in [7, 11) is 0. The lowest BCUT2D eigenvalue weighted by Gasteiger charge is -2.48. The van der Waals surface area contributed by atoms with Crippen molar-refractivity contribution in [3.8, 4) is 0 Å². The first-order valence-corrected chi connectivity index (χ1v) is 5.77. The van der Waals surface area contributed by atoms with Crippen molar-refractivity contribution in [2.24, 2.45) is 17.3 Å². The standard InChI is InChI=1S/C12H20O2/c1-8-9-4-3-5-11(14)12(9,2)7-6-10(8)13/h8-10,13H,3-7H2,1-2H3/t8-,9?,10?,12-/m0/s1. The third-order valence-corrected chi connectivity index (χ3v) is 4.58. The van der Waals surface area contributed by atoms with Crippen molar-refractivity contribution in [3.63, 3.8) is 0 Å². The zero-order valence-electron chi connectivity index (χ0n) is 9.12. The van der Waals surface area contributed by atoms with E-state index >= 15 is 0 Å². The first kappa shape index (κ1) is 10.2. The Kier molecular flexibility index (Phi) is 2.42. The van der Waals surface area contributed by atoms with Gasteiger partial charge in [0.25, 0.3) is 0 Å². The van der Waals surface area contributed by atoms with E-state index in [-0.39, 0.29) is 11.5 Å². The largest absolute Gasteiger partial charge is 0.393 e. The SMILES string of the molecule is C[C@@H]1C(O)CC[C@]2(C)C(=O)CCCC12. The quantitative estimate of drug-likeness (QED) is 0.644. The molecule has 0 aliphatic heterocycles. The monoisotopic (exact) mass is 196 g/mol. The molecule has 0 aromatic rings. The maximum atomic E-state index is 11.9. The van der Waals surface area contributed by atoms with Crippen molar-refractivity contribution in [2.75, 3.05) is 0 Å². The van der Waals surface area contributed by atoms with Gasteiger partial charge in [0.05, 0.1) is 6.10 Å². The average molecular weight is 196 g/mol. The lowest BCUT2D eigenvalue weighted by molar-refractivity contribution is -0.143. The molecule has 1 N–H and O–H groups in total. The number of hydrogen-bond donors (Lipinski definition) is 1. The zero-order valence-corrected chi connectivity index (χ0v) is 9.12. The van der Waals surface area contributed by atoms with Crippen LogP contribution >= 0.6 is 0 Å². The predicted molar refractivity (Wildman–Crippen MR) is 54.9 cm³/mol. The van der Waals surface area contributed by atoms with Crippen LogP contribution in [-0.2, 0) is 4.79 Å². The molecular formula is C12H20O2. The van der Waals surface area contributed by atoms with Gasteiger partial charge in [-0.2, -0.15) is 0 Å². The fourth-order valence-corrected chi connectivity index (χ4v) is 3.44. The number of ketones is 1. The zero-order chi connectivity index (χ0) is 10.3. The van der Waals surface area contributed by atoms with Crippen LogP contribution in [0.5, 0.6) is 0 Å². The molecule has 0 bridgehead atoms. The smallest absolute Gasteiger partial charge is 0.139 e. The molecule has 2 nitrogen and oxygen atoms in total. The van der Waals surface area contributed by atoms with Crippen molar-refractivity contribution >= 4 is 5.78 Å². The van der Waals surface area contributed by atoms with Gasteiger partial charge in [-0.05, 0) is 37.5 Å². The summed E-state index contributed by atoms with van der Waals surface area (Å²) < 4.78 is 0. The van der Waals surface area contributed by atoms with Gasteiger partial charge in [0, 0.05) is 11.8 Å². The van der Waals surface area contributed by atoms with Gasteiger partial charge in [-0.3, -0.25) is 4.79 Å². The number of hydrogen-bond acceptors (Lipinski definition) is 2. The molecule has 2 fully saturated rings. The number of aliphatic hydroxyl groups is 1. The van der Waals surface area contributed by atoms with Crippen molar-refractivity contribution < 1.29 is 9.90 Å². The Balaban J connectivity index is 2.25. The molecule has 4 atom stereocenters. The highest BCUT2D eigenvalue weighted by Crippen LogP contribution is 2.50. The van der Waals surface area contributed by atoms with E-state index in [1.807, 2.05) is 0 Å². The third-order valence-electron chi connectivity index (χ3n) is 4.58. The summed E-state index contributed by atoms with van der Waals surface area (Å²) in [6.45, 7) is 4.22. The second kappa shape index (κ2) is 3.34. The highest BCUT2D eigenvalue weighted by molar-refractivity contribution is 5.85. The maximum absolute atomic E-state index is 11.9. The Morgan fingerprint density at radius 3 is 2.86 bits per heavy atom. The Morgan fingerprint density at radius 2 is 2.14 bits per heavy atom. The number of aliphatic hydroxyl groups excluding tert-OH is 1. The van der Waals surface area contributed by atoms with Crippen molar-refractivity contribution in [1.82, 2.24) is 0 Å². The van der Waals surface area contributed by atoms with Gasteiger partial charge in [0.1, 0.15) is 5.78 Å². The van der Waals surface area contributed by atoms with Gasteiger partial charge in [0.15, 0.2) is 0 Å². The fraction of sp³-hybridized carbons (Fsp3) is 0.917. The number of fused-ring (bicyclic) bond motifs is 1. The first-order chi connectivity index (χ1) is 6.55. The Morgan fingerprint density at radius 1 is 1.43 bits per heavy atom. The summed E-state index contributed by atoms with van der Waals surface area (Å²) in [5.41, 5.74) is -0.114. The molecule has 0 radical (unpaired) electrons. The summed E-state index contributed by atoms with van der Waals surface area (Å²) in [6, 6.07) is 0. The van der Waals surface area contributed by atoms with E-state index in [2.05, 4.69) is 13.8 Å². The highest BCUT2D eigenvalue weighted by atomic mass is 16.3. The highest BCUT2D eigenvalue weighted by Gasteiger charge is 2.49. The Hall–Kier alpha value is -0.370. The molecule has 0 aromatic carbocycles. The molecular weight excluding hydrogens is 176 g/mol. The van der Waals surface area contributed by atoms with Gasteiger partial charge in [-0.25, -0.2) is 0 Å². The molecule has 2 aliphatic carbocycles. The minimum Gasteiger partial charge on any atom is -0.393 e. The van der Waals surface area contributed by atoms with E-state index in [1.54, 1.807) is 0 Å². The van der Waals surface area contributed by atoms with Crippen LogP contribution in [0.1, 0.15) is 46.0 Å². The molecule has 2 heteroatoms. The fourth-order valence-electron chi connectivity index (χ4n) is 3.44. The molecule has 0 amide bonds. The molecule has 0 aromatic heterocycles. The van der Waals surface area contributed by atoms with Crippen LogP contribution in [-0.4, -0.2) is 17.0 Å². The molecule has 2 rings (SSSR count). The molecule has 0 heterocycles. The normalized spacial score (nSPS) is 48.8. The van der Waals surface area contributed by atoms with Crippen LogP contribution in [0.4, 0.5) is 0 Å². The molecule has 14 heavy (non-hydrogen) atoms. The molecule has 2 aliphatic rings. The van der Waals surface area contributed by atoms with Crippen LogP contribution in [0, 0.1) is 17.3 Å². The molecule has 0 saturated heterocycles. The van der Waals surface area contributed by atoms with Gasteiger partial charge in [-0.15, -0.1) is 0 Å². The minimum atomic E-state index is -0.182. The lowest BCUT2D eigenvalue weighted by atomic mass is 9.56. The summed E-state index contributed by atoms with van der Waals surface area (Å²) in [5.74, 6) is 1.16. The van der Waals surface area contributed by atoms with E-state index in [1.165, 1.54) is 0 Å². The topological polar surface area (TPSA) is 37.3 Å². The van der Waals surface area contributed by atoms with Crippen molar-refractivity contribution in [3.05, 3.63) is 0 Å². The predicted octanol–water partition coefficient (Wildman–Crippen LogP) is 2.15. The summed E-state index contributed by atoms with van der Waals surface area (Å²) in [5, 5.41) is 9.81. The van der Waals surface area contributed by atoms with E-state index in [0.29, 0.717) is 17.6 Å². The van der Waals surface area contributed by atoms with Crippen LogP contribution in [0.3, 0.4) is 0 Å². The number of carbonyl (C=O) groups excluding carboxylic acids is 1. The Labute approximate surface area is 85.7 Å². The van der Waals surface area contributed by atoms with Crippen molar-refractivity contribution in [1.29, 1.82) is 0 Å². The molecule has 2 saturated carbocycles. The third kappa shape index (κ3) is 1.31. The summed E-state index contributed by atoms with van der Waals surface area (Å²) >= 11 is 0. The summed E-state index contributed by atoms with van der Waals surface area (Å²) in [4.78, 5) is 11.9. The van der Waals surface area contributed by atoms with E-state index in [9.17, 15) is 9.90 Å². The van der Waals surface area contributed by atoms with Gasteiger partial charge >= 0.3 is 0 Å². The maximum Gasteiger partial charge on any atom is 0.139 e. The Bertz CT molecular complexity index is 249. The second-order valence-corrected chi connectivity index (χ2v) is 5.30. The summed E-state index contributed by atoms with van der Waals surface area (Å²) in [6.07, 6.45) is 4.42. The number of carbonyl (C=O) groups is 1. The lowest BCUT2D eigenvalue weighted by Crippen LogP contribution is -2.49. The number of Topliss-reactive ketones (excluding diaryl/α,β-unsaturated/α-hetero) is 1. The van der Waals surface area contributed by atoms with Crippen LogP contribution in [0.25, 0.3) is 0 Å². The second-order valence-electron chi connectivity index (χ2n) is 5.30. The molecule has 0 spiro atoms. The molecule has 2 unspecified atom stereocenters. The minimum absolute atomic E-state index is 0.114. The van der Waals surface area contributed by atoms with Gasteiger partial charge in [-0.1, -0.05) is 13.8 Å².